The van der Waals surface area contributed by atoms with Crippen LogP contribution in [0.25, 0.3) is 0 Å². The number of hydrogen-bond donors (Lipinski definition) is 0. The Morgan fingerprint density at radius 3 is 2.58 bits per heavy atom. The van der Waals surface area contributed by atoms with E-state index < -0.39 is 0 Å². The molecule has 0 aromatic carbocycles. The van der Waals surface area contributed by atoms with Crippen LogP contribution in [0.1, 0.15) is 23.9 Å². The third-order valence-electron chi connectivity index (χ3n) is 1.21. The average Bonchev–Trinajstić information content (AvgIpc) is 2.35. The molecule has 0 amide bonds. The molecule has 4 heteroatoms. The molecule has 1 heterocycles. The maximum atomic E-state index is 11.0. The molecule has 1 rings (SSSR count). The van der Waals surface area contributed by atoms with Crippen LogP contribution >= 0.6 is 0 Å². The molecule has 0 unspecified atom stereocenters. The van der Waals surface area contributed by atoms with Crippen molar-refractivity contribution >= 4 is 49.3 Å². The van der Waals surface area contributed by atoms with Gasteiger partial charge in [-0.05, 0) is 19.1 Å². The minimum absolute atomic E-state index is 0. The zero-order valence-corrected chi connectivity index (χ0v) is 6.16. The molecule has 0 spiro atoms. The van der Waals surface area contributed by atoms with Gasteiger partial charge < -0.3 is 4.42 Å². The van der Waals surface area contributed by atoms with Crippen LogP contribution in [0.15, 0.2) is 22.8 Å². The van der Waals surface area contributed by atoms with Crippen LogP contribution < -0.4 is 0 Å². The van der Waals surface area contributed by atoms with Crippen molar-refractivity contribution in [3.63, 3.8) is 0 Å². The standard InChI is InChI=1S/C8H8O3.Ca.2H/c1-6(9)5-7(10)8-3-2-4-11-8;;;/h2-4H,5H2,1H3;;;. The predicted octanol–water partition coefficient (Wildman–Crippen LogP) is 0.525. The molecule has 0 saturated carbocycles. The number of carbonyl (C=O) groups is 2. The summed E-state index contributed by atoms with van der Waals surface area (Å²) in [5.41, 5.74) is 0. The SMILES string of the molecule is CC(=O)CC(=O)c1ccco1.[CaH2]. The molecule has 0 radical (unpaired) electrons. The monoisotopic (exact) mass is 194 g/mol. The number of rotatable bonds is 3. The first kappa shape index (κ1) is 11.9. The summed E-state index contributed by atoms with van der Waals surface area (Å²) < 4.78 is 4.79. The van der Waals surface area contributed by atoms with Gasteiger partial charge in [0, 0.05) is 0 Å². The topological polar surface area (TPSA) is 47.3 Å². The van der Waals surface area contributed by atoms with E-state index in [1.165, 1.54) is 13.2 Å². The van der Waals surface area contributed by atoms with Gasteiger partial charge in [0.1, 0.15) is 5.78 Å². The number of hydrogen-bond acceptors (Lipinski definition) is 3. The van der Waals surface area contributed by atoms with Crippen LogP contribution in [0.4, 0.5) is 0 Å². The Balaban J connectivity index is 0.00000121. The second-order valence-corrected chi connectivity index (χ2v) is 2.28. The molecule has 0 aliphatic carbocycles. The zero-order chi connectivity index (χ0) is 8.27. The van der Waals surface area contributed by atoms with Crippen LogP contribution in [0.5, 0.6) is 0 Å². The van der Waals surface area contributed by atoms with E-state index in [2.05, 4.69) is 0 Å². The van der Waals surface area contributed by atoms with E-state index in [4.69, 9.17) is 4.42 Å². The Labute approximate surface area is 100 Å². The molecule has 0 saturated heterocycles. The van der Waals surface area contributed by atoms with Gasteiger partial charge in [-0.25, -0.2) is 0 Å². The Bertz CT molecular complexity index is 264. The van der Waals surface area contributed by atoms with Gasteiger partial charge in [-0.1, -0.05) is 0 Å². The van der Waals surface area contributed by atoms with Crippen molar-refractivity contribution in [2.45, 2.75) is 13.3 Å². The average molecular weight is 194 g/mol. The summed E-state index contributed by atoms with van der Waals surface area (Å²) in [5, 5.41) is 0. The summed E-state index contributed by atoms with van der Waals surface area (Å²) in [4.78, 5) is 21.5. The number of Topliss-reactive ketones (excluding diaryl/α,β-unsaturated/α-hetero) is 2. The molecule has 0 atom stereocenters. The van der Waals surface area contributed by atoms with E-state index in [-0.39, 0.29) is 61.5 Å². The Morgan fingerprint density at radius 1 is 1.50 bits per heavy atom. The fraction of sp³-hybridized carbons (Fsp3) is 0.250. The second kappa shape index (κ2) is 5.51. The van der Waals surface area contributed by atoms with Crippen molar-refractivity contribution in [1.29, 1.82) is 0 Å². The third-order valence-corrected chi connectivity index (χ3v) is 1.21. The molecule has 3 nitrogen and oxygen atoms in total. The van der Waals surface area contributed by atoms with Crippen LogP contribution in [-0.4, -0.2) is 49.3 Å². The van der Waals surface area contributed by atoms with Gasteiger partial charge in [-0.15, -0.1) is 0 Å². The number of carbonyl (C=O) groups excluding carboxylic acids is 2. The summed E-state index contributed by atoms with van der Waals surface area (Å²) in [7, 11) is 0. The molecule has 0 aliphatic rings. The molecule has 0 aliphatic heterocycles. The van der Waals surface area contributed by atoms with Crippen LogP contribution in [0.2, 0.25) is 0 Å². The van der Waals surface area contributed by atoms with Gasteiger partial charge in [-0.2, -0.15) is 0 Å². The normalized spacial score (nSPS) is 8.75. The van der Waals surface area contributed by atoms with Crippen molar-refractivity contribution in [3.05, 3.63) is 24.2 Å². The summed E-state index contributed by atoms with van der Waals surface area (Å²) in [6.07, 6.45) is 1.33. The first-order valence-corrected chi connectivity index (χ1v) is 3.26. The zero-order valence-electron chi connectivity index (χ0n) is 6.16. The van der Waals surface area contributed by atoms with Crippen molar-refractivity contribution in [2.75, 3.05) is 0 Å². The molecule has 1 aromatic rings. The van der Waals surface area contributed by atoms with E-state index in [1.54, 1.807) is 12.1 Å². The Hall–Kier alpha value is -0.120. The quantitative estimate of drug-likeness (QED) is 0.400. The summed E-state index contributed by atoms with van der Waals surface area (Å²) in [5.74, 6) is -0.158. The van der Waals surface area contributed by atoms with Gasteiger partial charge >= 0.3 is 37.7 Å². The van der Waals surface area contributed by atoms with Gasteiger partial charge in [0.15, 0.2) is 5.76 Å². The summed E-state index contributed by atoms with van der Waals surface area (Å²) in [6, 6.07) is 3.17. The molecule has 0 bridgehead atoms. The van der Waals surface area contributed by atoms with Gasteiger partial charge in [0.25, 0.3) is 0 Å². The summed E-state index contributed by atoms with van der Waals surface area (Å²) >= 11 is 0. The number of furan rings is 1. The van der Waals surface area contributed by atoms with Gasteiger partial charge in [-0.3, -0.25) is 9.59 Å². The van der Waals surface area contributed by atoms with E-state index in [0.29, 0.717) is 0 Å². The van der Waals surface area contributed by atoms with Crippen molar-refractivity contribution in [1.82, 2.24) is 0 Å². The van der Waals surface area contributed by atoms with Crippen LogP contribution in [0.3, 0.4) is 0 Å². The molecule has 1 aromatic heterocycles. The van der Waals surface area contributed by atoms with Gasteiger partial charge in [0.05, 0.1) is 12.7 Å². The molecular formula is C8H10CaO3. The Kier molecular flexibility index (Phi) is 5.46. The Morgan fingerprint density at radius 2 is 2.17 bits per heavy atom. The molecule has 0 fully saturated rings. The molecule has 62 valence electrons. The molecule has 12 heavy (non-hydrogen) atoms. The second-order valence-electron chi connectivity index (χ2n) is 2.28. The minimum atomic E-state index is -0.262. The van der Waals surface area contributed by atoms with E-state index in [1.807, 2.05) is 0 Å². The number of ketones is 2. The van der Waals surface area contributed by atoms with Crippen molar-refractivity contribution < 1.29 is 14.0 Å². The third kappa shape index (κ3) is 3.52. The van der Waals surface area contributed by atoms with E-state index in [0.717, 1.165) is 0 Å². The molecule has 0 N–H and O–H groups in total. The maximum absolute atomic E-state index is 11.0. The molecular weight excluding hydrogens is 184 g/mol. The fourth-order valence-electron chi connectivity index (χ4n) is 0.750. The fourth-order valence-corrected chi connectivity index (χ4v) is 0.750. The summed E-state index contributed by atoms with van der Waals surface area (Å²) in [6.45, 7) is 1.38. The van der Waals surface area contributed by atoms with Crippen LogP contribution in [0, 0.1) is 0 Å². The first-order valence-electron chi connectivity index (χ1n) is 3.26. The first-order chi connectivity index (χ1) is 5.20. The van der Waals surface area contributed by atoms with Crippen LogP contribution in [-0.2, 0) is 4.79 Å². The van der Waals surface area contributed by atoms with Crippen molar-refractivity contribution in [3.8, 4) is 0 Å². The van der Waals surface area contributed by atoms with E-state index >= 15 is 0 Å². The van der Waals surface area contributed by atoms with Crippen molar-refractivity contribution in [2.24, 2.45) is 0 Å². The van der Waals surface area contributed by atoms with Gasteiger partial charge in [0.2, 0.25) is 5.78 Å². The predicted molar refractivity (Wildman–Crippen MR) is 46.9 cm³/mol. The van der Waals surface area contributed by atoms with E-state index in [9.17, 15) is 9.59 Å².